The highest BCUT2D eigenvalue weighted by atomic mass is 35.5. The van der Waals surface area contributed by atoms with E-state index in [2.05, 4.69) is 24.0 Å². The Hall–Kier alpha value is -1.36. The molecule has 0 bridgehead atoms. The van der Waals surface area contributed by atoms with Crippen LogP contribution in [0.1, 0.15) is 23.4 Å². The number of hydrogen-bond donors (Lipinski definition) is 0. The molecule has 0 atom stereocenters. The smallest absolute Gasteiger partial charge is 0.112 e. The predicted octanol–water partition coefficient (Wildman–Crippen LogP) is 3.13. The molecule has 1 aromatic carbocycles. The summed E-state index contributed by atoms with van der Waals surface area (Å²) < 4.78 is 7.75. The molecule has 0 fully saturated rings. The molecule has 0 saturated heterocycles. The first-order valence-electron chi connectivity index (χ1n) is 7.53. The van der Waals surface area contributed by atoms with E-state index in [9.17, 15) is 0 Å². The average molecular weight is 322 g/mol. The van der Waals surface area contributed by atoms with Gasteiger partial charge in [-0.2, -0.15) is 0 Å². The highest BCUT2D eigenvalue weighted by Crippen LogP contribution is 2.24. The Morgan fingerprint density at radius 1 is 1.27 bits per heavy atom. The maximum Gasteiger partial charge on any atom is 0.112 e. The lowest BCUT2D eigenvalue weighted by atomic mass is 10.1. The molecule has 4 nitrogen and oxygen atoms in total. The van der Waals surface area contributed by atoms with Crippen molar-refractivity contribution in [3.8, 4) is 0 Å². The third-order valence-electron chi connectivity index (χ3n) is 3.58. The van der Waals surface area contributed by atoms with Crippen molar-refractivity contribution in [2.45, 2.75) is 19.4 Å². The summed E-state index contributed by atoms with van der Waals surface area (Å²) in [5, 5.41) is 0.790. The molecule has 0 aliphatic carbocycles. The second kappa shape index (κ2) is 8.32. The molecule has 0 aliphatic heterocycles. The van der Waals surface area contributed by atoms with E-state index in [-0.39, 0.29) is 0 Å². The zero-order valence-corrected chi connectivity index (χ0v) is 14.3. The van der Waals surface area contributed by atoms with Crippen LogP contribution in [0.4, 0.5) is 0 Å². The number of rotatable bonds is 8. The maximum absolute atomic E-state index is 6.52. The molecule has 2 rings (SSSR count). The predicted molar refractivity (Wildman–Crippen MR) is 90.3 cm³/mol. The second-order valence-electron chi connectivity index (χ2n) is 5.73. The lowest BCUT2D eigenvalue weighted by Crippen LogP contribution is -2.14. The number of halogens is 1. The molecular formula is C17H24ClN3O. The minimum absolute atomic E-state index is 0.556. The summed E-state index contributed by atoms with van der Waals surface area (Å²) in [6.07, 6.45) is 5.51. The van der Waals surface area contributed by atoms with Crippen molar-refractivity contribution in [1.82, 2.24) is 14.5 Å². The van der Waals surface area contributed by atoms with E-state index in [1.807, 2.05) is 36.0 Å². The number of ether oxygens (including phenoxy) is 1. The summed E-state index contributed by atoms with van der Waals surface area (Å²) in [5.74, 6) is 1.01. The van der Waals surface area contributed by atoms with Gasteiger partial charge in [0.1, 0.15) is 5.82 Å². The van der Waals surface area contributed by atoms with E-state index in [0.29, 0.717) is 6.61 Å². The number of nitrogens with zero attached hydrogens (tertiary/aromatic N) is 3. The van der Waals surface area contributed by atoms with Crippen LogP contribution in [-0.2, 0) is 24.8 Å². The molecule has 0 spiro atoms. The van der Waals surface area contributed by atoms with Crippen LogP contribution in [0, 0.1) is 0 Å². The first-order valence-corrected chi connectivity index (χ1v) is 7.90. The molecule has 2 aromatic rings. The zero-order valence-electron chi connectivity index (χ0n) is 13.6. The van der Waals surface area contributed by atoms with E-state index >= 15 is 0 Å². The van der Waals surface area contributed by atoms with Gasteiger partial charge in [0.15, 0.2) is 0 Å². The van der Waals surface area contributed by atoms with E-state index in [1.165, 1.54) is 0 Å². The SMILES string of the molecule is CN(C)CCCOCc1cccc(Cc2nccn2C)c1Cl. The summed E-state index contributed by atoms with van der Waals surface area (Å²) in [7, 11) is 6.13. The molecule has 0 saturated carbocycles. The third kappa shape index (κ3) is 4.83. The fraction of sp³-hybridized carbons (Fsp3) is 0.471. The summed E-state index contributed by atoms with van der Waals surface area (Å²) >= 11 is 6.52. The summed E-state index contributed by atoms with van der Waals surface area (Å²) in [4.78, 5) is 6.51. The van der Waals surface area contributed by atoms with Crippen LogP contribution in [0.3, 0.4) is 0 Å². The standard InChI is InChI=1S/C17H24ClN3O/c1-20(2)9-5-11-22-13-15-7-4-6-14(17(15)18)12-16-19-8-10-21(16)3/h4,6-8,10H,5,9,11-13H2,1-3H3. The van der Waals surface area contributed by atoms with Gasteiger partial charge in [0.25, 0.3) is 0 Å². The van der Waals surface area contributed by atoms with Gasteiger partial charge in [-0.15, -0.1) is 0 Å². The minimum atomic E-state index is 0.556. The van der Waals surface area contributed by atoms with Crippen molar-refractivity contribution in [2.24, 2.45) is 7.05 Å². The van der Waals surface area contributed by atoms with Crippen molar-refractivity contribution in [1.29, 1.82) is 0 Å². The van der Waals surface area contributed by atoms with Crippen molar-refractivity contribution < 1.29 is 4.74 Å². The topological polar surface area (TPSA) is 30.3 Å². The van der Waals surface area contributed by atoms with Gasteiger partial charge < -0.3 is 14.2 Å². The minimum Gasteiger partial charge on any atom is -0.377 e. The molecule has 22 heavy (non-hydrogen) atoms. The Labute approximate surface area is 137 Å². The first kappa shape index (κ1) is 17.0. The molecule has 0 N–H and O–H groups in total. The molecule has 1 heterocycles. The molecular weight excluding hydrogens is 298 g/mol. The zero-order chi connectivity index (χ0) is 15.9. The average Bonchev–Trinajstić information content (AvgIpc) is 2.87. The number of aromatic nitrogens is 2. The van der Waals surface area contributed by atoms with Gasteiger partial charge >= 0.3 is 0 Å². The van der Waals surface area contributed by atoms with Crippen LogP contribution < -0.4 is 0 Å². The summed E-state index contributed by atoms with van der Waals surface area (Å²) in [6, 6.07) is 6.10. The van der Waals surface area contributed by atoms with E-state index in [4.69, 9.17) is 16.3 Å². The van der Waals surface area contributed by atoms with E-state index < -0.39 is 0 Å². The fourth-order valence-corrected chi connectivity index (χ4v) is 2.53. The second-order valence-corrected chi connectivity index (χ2v) is 6.11. The van der Waals surface area contributed by atoms with Gasteiger partial charge in [-0.3, -0.25) is 0 Å². The number of hydrogen-bond acceptors (Lipinski definition) is 3. The van der Waals surface area contributed by atoms with Crippen LogP contribution in [0.25, 0.3) is 0 Å². The molecule has 5 heteroatoms. The maximum atomic E-state index is 6.52. The summed E-state index contributed by atoms with van der Waals surface area (Å²) in [5.41, 5.74) is 2.13. The van der Waals surface area contributed by atoms with Crippen molar-refractivity contribution in [3.63, 3.8) is 0 Å². The monoisotopic (exact) mass is 321 g/mol. The van der Waals surface area contributed by atoms with Crippen LogP contribution in [0.2, 0.25) is 5.02 Å². The van der Waals surface area contributed by atoms with Gasteiger partial charge in [-0.1, -0.05) is 29.8 Å². The Balaban J connectivity index is 1.93. The van der Waals surface area contributed by atoms with Crippen LogP contribution in [0.15, 0.2) is 30.6 Å². The fourth-order valence-electron chi connectivity index (χ4n) is 2.28. The molecule has 1 aromatic heterocycles. The number of imidazole rings is 1. The van der Waals surface area contributed by atoms with Gasteiger partial charge in [0.05, 0.1) is 6.61 Å². The third-order valence-corrected chi connectivity index (χ3v) is 4.07. The molecule has 0 unspecified atom stereocenters. The van der Waals surface area contributed by atoms with Crippen LogP contribution in [-0.4, -0.2) is 41.7 Å². The number of benzene rings is 1. The van der Waals surface area contributed by atoms with E-state index in [1.54, 1.807) is 6.20 Å². The van der Waals surface area contributed by atoms with Crippen molar-refractivity contribution >= 4 is 11.6 Å². The highest BCUT2D eigenvalue weighted by Gasteiger charge is 2.09. The Morgan fingerprint density at radius 3 is 2.73 bits per heavy atom. The Morgan fingerprint density at radius 2 is 2.05 bits per heavy atom. The van der Waals surface area contributed by atoms with E-state index in [0.717, 1.165) is 48.0 Å². The summed E-state index contributed by atoms with van der Waals surface area (Å²) in [6.45, 7) is 2.34. The lowest BCUT2D eigenvalue weighted by molar-refractivity contribution is 0.113. The molecule has 0 radical (unpaired) electrons. The van der Waals surface area contributed by atoms with Crippen LogP contribution in [0.5, 0.6) is 0 Å². The van der Waals surface area contributed by atoms with Gasteiger partial charge in [0.2, 0.25) is 0 Å². The highest BCUT2D eigenvalue weighted by molar-refractivity contribution is 6.32. The van der Waals surface area contributed by atoms with Gasteiger partial charge in [-0.05, 0) is 38.2 Å². The van der Waals surface area contributed by atoms with Crippen molar-refractivity contribution in [3.05, 3.63) is 52.6 Å². The molecule has 0 amide bonds. The van der Waals surface area contributed by atoms with Gasteiger partial charge in [-0.25, -0.2) is 4.98 Å². The molecule has 0 aliphatic rings. The first-order chi connectivity index (χ1) is 10.6. The van der Waals surface area contributed by atoms with Crippen LogP contribution >= 0.6 is 11.6 Å². The Bertz CT molecular complexity index is 595. The van der Waals surface area contributed by atoms with Gasteiger partial charge in [0, 0.05) is 37.5 Å². The Kier molecular flexibility index (Phi) is 6.43. The molecule has 120 valence electrons. The largest absolute Gasteiger partial charge is 0.377 e. The lowest BCUT2D eigenvalue weighted by Gasteiger charge is -2.12. The number of aryl methyl sites for hydroxylation is 1. The quantitative estimate of drug-likeness (QED) is 0.700. The van der Waals surface area contributed by atoms with Crippen molar-refractivity contribution in [2.75, 3.05) is 27.2 Å². The normalized spacial score (nSPS) is 11.3.